The monoisotopic (exact) mass is 404 g/mol. The van der Waals surface area contributed by atoms with Gasteiger partial charge >= 0.3 is 10.4 Å². The van der Waals surface area contributed by atoms with E-state index in [2.05, 4.69) is 19.9 Å². The fourth-order valence-electron chi connectivity index (χ4n) is 6.63. The van der Waals surface area contributed by atoms with Gasteiger partial charge in [-0.1, -0.05) is 25.5 Å². The van der Waals surface area contributed by atoms with Gasteiger partial charge in [0.2, 0.25) is 0 Å². The lowest BCUT2D eigenvalue weighted by molar-refractivity contribution is -0.0817. The van der Waals surface area contributed by atoms with Crippen LogP contribution in [-0.2, 0) is 10.4 Å². The number of hydrogen-bond acceptors (Lipinski definition) is 5. The van der Waals surface area contributed by atoms with Crippen molar-refractivity contribution < 1.29 is 32.8 Å². The molecule has 0 aromatic heterocycles. The van der Waals surface area contributed by atoms with Gasteiger partial charge in [-0.2, -0.15) is 8.42 Å². The maximum atomic E-state index is 10.5. The molecule has 0 heterocycles. The topological polar surface area (TPSA) is 135 Å². The molecule has 4 aliphatic carbocycles. The number of aliphatic hydroxyl groups is 3. The minimum Gasteiger partial charge on any atom is -0.393 e. The van der Waals surface area contributed by atoms with Crippen LogP contribution in [0.25, 0.3) is 0 Å². The molecule has 8 atom stereocenters. The van der Waals surface area contributed by atoms with Crippen LogP contribution in [0.1, 0.15) is 58.8 Å². The molecule has 5 N–H and O–H groups in total. The molecular weight excluding hydrogens is 372 g/mol. The Balaban J connectivity index is 0.000000376. The van der Waals surface area contributed by atoms with E-state index in [0.717, 1.165) is 44.9 Å². The average molecular weight is 405 g/mol. The lowest BCUT2D eigenvalue weighted by Crippen LogP contribution is -2.51. The molecule has 0 aliphatic heterocycles. The molecule has 7 nitrogen and oxygen atoms in total. The molecule has 8 heteroatoms. The summed E-state index contributed by atoms with van der Waals surface area (Å²) in [5, 5.41) is 30.7. The van der Waals surface area contributed by atoms with Crippen molar-refractivity contribution in [1.82, 2.24) is 0 Å². The van der Waals surface area contributed by atoms with E-state index in [1.165, 1.54) is 5.57 Å². The van der Waals surface area contributed by atoms with Gasteiger partial charge in [0.15, 0.2) is 0 Å². The molecule has 0 amide bonds. The van der Waals surface area contributed by atoms with E-state index in [1.54, 1.807) is 0 Å². The number of fused-ring (bicyclic) bond motifs is 5. The van der Waals surface area contributed by atoms with Crippen molar-refractivity contribution in [3.05, 3.63) is 11.6 Å². The summed E-state index contributed by atoms with van der Waals surface area (Å²) < 4.78 is 31.6. The van der Waals surface area contributed by atoms with Gasteiger partial charge in [-0.3, -0.25) is 9.11 Å². The average Bonchev–Trinajstić information content (AvgIpc) is 2.78. The van der Waals surface area contributed by atoms with E-state index < -0.39 is 22.6 Å². The van der Waals surface area contributed by atoms with Gasteiger partial charge in [-0.05, 0) is 73.5 Å². The van der Waals surface area contributed by atoms with E-state index in [1.807, 2.05) is 0 Å². The van der Waals surface area contributed by atoms with E-state index in [9.17, 15) is 15.3 Å². The molecule has 27 heavy (non-hydrogen) atoms. The lowest BCUT2D eigenvalue weighted by Gasteiger charge is -2.57. The van der Waals surface area contributed by atoms with Crippen LogP contribution in [0.4, 0.5) is 0 Å². The van der Waals surface area contributed by atoms with Crippen LogP contribution in [-0.4, -0.2) is 51.2 Å². The third kappa shape index (κ3) is 3.84. The SMILES string of the molecule is C[C@]12CC[C@H]3[C@@H](CC=C4C[C@@H](O)CC[C@@]43C)[C@@H]1C[C@H](O)[C@H]2O.O=S(=O)(O)O. The maximum absolute atomic E-state index is 10.5. The zero-order valence-corrected chi connectivity index (χ0v) is 16.8. The summed E-state index contributed by atoms with van der Waals surface area (Å²) in [5.41, 5.74) is 1.62. The summed E-state index contributed by atoms with van der Waals surface area (Å²) in [6.45, 7) is 4.60. The highest BCUT2D eigenvalue weighted by Crippen LogP contribution is 2.64. The van der Waals surface area contributed by atoms with Gasteiger partial charge in [0.05, 0.1) is 18.3 Å². The van der Waals surface area contributed by atoms with E-state index >= 15 is 0 Å². The summed E-state index contributed by atoms with van der Waals surface area (Å²) >= 11 is 0. The standard InChI is InChI=1S/C19H30O3.H2O4S/c1-18-7-5-12(20)9-11(18)3-4-13-14(18)6-8-19(2)15(13)10-16(21)17(19)22;1-5(2,3)4/h3,12-17,20-22H,4-10H2,1-2H3;(H2,1,2,3,4)/t12-,13+,14-,15-,16-,17+,18-,19-;/m0./s1. The third-order valence-corrected chi connectivity index (χ3v) is 8.05. The summed E-state index contributed by atoms with van der Waals surface area (Å²) in [4.78, 5) is 0. The molecule has 0 spiro atoms. The molecule has 4 rings (SSSR count). The van der Waals surface area contributed by atoms with Crippen molar-refractivity contribution in [2.24, 2.45) is 28.6 Å². The van der Waals surface area contributed by atoms with Crippen molar-refractivity contribution in [2.45, 2.75) is 77.1 Å². The Morgan fingerprint density at radius 2 is 1.67 bits per heavy atom. The quantitative estimate of drug-likeness (QED) is 0.308. The fourth-order valence-corrected chi connectivity index (χ4v) is 6.63. The van der Waals surface area contributed by atoms with Gasteiger partial charge in [-0.15, -0.1) is 0 Å². The smallest absolute Gasteiger partial charge is 0.393 e. The Kier molecular flexibility index (Phi) is 5.56. The molecule has 156 valence electrons. The second kappa shape index (κ2) is 7.07. The molecule has 3 saturated carbocycles. The summed E-state index contributed by atoms with van der Waals surface area (Å²) in [7, 11) is -4.67. The zero-order valence-electron chi connectivity index (χ0n) is 16.0. The Hall–Kier alpha value is -0.510. The van der Waals surface area contributed by atoms with Crippen LogP contribution in [0.3, 0.4) is 0 Å². The fraction of sp³-hybridized carbons (Fsp3) is 0.895. The number of hydrogen-bond donors (Lipinski definition) is 5. The van der Waals surface area contributed by atoms with Gasteiger partial charge in [0.25, 0.3) is 0 Å². The van der Waals surface area contributed by atoms with Crippen LogP contribution in [0.2, 0.25) is 0 Å². The van der Waals surface area contributed by atoms with Crippen LogP contribution < -0.4 is 0 Å². The van der Waals surface area contributed by atoms with Crippen molar-refractivity contribution in [1.29, 1.82) is 0 Å². The minimum absolute atomic E-state index is 0.101. The van der Waals surface area contributed by atoms with Gasteiger partial charge in [0, 0.05) is 0 Å². The first-order valence-corrected chi connectivity index (χ1v) is 11.2. The van der Waals surface area contributed by atoms with Gasteiger partial charge < -0.3 is 15.3 Å². The van der Waals surface area contributed by atoms with Crippen molar-refractivity contribution in [2.75, 3.05) is 0 Å². The van der Waals surface area contributed by atoms with E-state index in [4.69, 9.17) is 17.5 Å². The van der Waals surface area contributed by atoms with E-state index in [-0.39, 0.29) is 16.9 Å². The van der Waals surface area contributed by atoms with E-state index in [0.29, 0.717) is 17.8 Å². The van der Waals surface area contributed by atoms with Crippen molar-refractivity contribution in [3.8, 4) is 0 Å². The Morgan fingerprint density at radius 3 is 2.30 bits per heavy atom. The van der Waals surface area contributed by atoms with Crippen LogP contribution in [0.15, 0.2) is 11.6 Å². The van der Waals surface area contributed by atoms with Crippen LogP contribution in [0, 0.1) is 28.6 Å². The highest BCUT2D eigenvalue weighted by Gasteiger charge is 2.60. The van der Waals surface area contributed by atoms with Crippen molar-refractivity contribution in [3.63, 3.8) is 0 Å². The highest BCUT2D eigenvalue weighted by molar-refractivity contribution is 7.79. The highest BCUT2D eigenvalue weighted by atomic mass is 32.3. The molecule has 0 bridgehead atoms. The molecule has 0 aromatic carbocycles. The maximum Gasteiger partial charge on any atom is 0.394 e. The first kappa shape index (κ1) is 21.2. The second-order valence-corrected chi connectivity index (χ2v) is 10.3. The Bertz CT molecular complexity index is 697. The van der Waals surface area contributed by atoms with Crippen LogP contribution >= 0.6 is 0 Å². The summed E-state index contributed by atoms with van der Waals surface area (Å²) in [5.74, 6) is 1.70. The first-order valence-electron chi connectivity index (χ1n) is 9.80. The first-order chi connectivity index (χ1) is 12.4. The van der Waals surface area contributed by atoms with Gasteiger partial charge in [0.1, 0.15) is 0 Å². The normalized spacial score (nSPS) is 49.1. The molecule has 0 aromatic rings. The number of rotatable bonds is 0. The lowest BCUT2D eigenvalue weighted by atomic mass is 9.48. The molecule has 4 aliphatic rings. The number of aliphatic hydroxyl groups excluding tert-OH is 3. The third-order valence-electron chi connectivity index (χ3n) is 8.05. The summed E-state index contributed by atoms with van der Waals surface area (Å²) in [6, 6.07) is 0. The summed E-state index contributed by atoms with van der Waals surface area (Å²) in [6.07, 6.45) is 8.04. The minimum atomic E-state index is -4.67. The predicted molar refractivity (Wildman–Crippen MR) is 99.3 cm³/mol. The Morgan fingerprint density at radius 1 is 1.04 bits per heavy atom. The Labute approximate surface area is 161 Å². The molecule has 0 radical (unpaired) electrons. The zero-order chi connectivity index (χ0) is 20.2. The molecule has 3 fully saturated rings. The molecule has 0 unspecified atom stereocenters. The second-order valence-electron chi connectivity index (χ2n) is 9.40. The number of allylic oxidation sites excluding steroid dienone is 1. The predicted octanol–water partition coefficient (Wildman–Crippen LogP) is 1.99. The molecule has 0 saturated heterocycles. The van der Waals surface area contributed by atoms with Crippen molar-refractivity contribution >= 4 is 10.4 Å². The molecular formula is C19H32O7S. The largest absolute Gasteiger partial charge is 0.394 e. The van der Waals surface area contributed by atoms with Crippen LogP contribution in [0.5, 0.6) is 0 Å². The van der Waals surface area contributed by atoms with Gasteiger partial charge in [-0.25, -0.2) is 0 Å².